The molecule has 1 heterocycles. The molecule has 1 amide bonds. The molecule has 3 aromatic rings. The highest BCUT2D eigenvalue weighted by Gasteiger charge is 2.27. The van der Waals surface area contributed by atoms with Crippen molar-refractivity contribution in [2.45, 2.75) is 37.6 Å². The van der Waals surface area contributed by atoms with Crippen molar-refractivity contribution in [2.75, 3.05) is 17.4 Å². The lowest BCUT2D eigenvalue weighted by Crippen LogP contribution is -2.41. The summed E-state index contributed by atoms with van der Waals surface area (Å²) >= 11 is 0. The number of rotatable bonds is 10. The van der Waals surface area contributed by atoms with Crippen LogP contribution < -0.4 is 9.62 Å². The van der Waals surface area contributed by atoms with Crippen molar-refractivity contribution in [2.24, 2.45) is 0 Å². The average molecular weight is 441 g/mol. The Bertz CT molecular complexity index is 1060. The number of nitrogens with one attached hydrogen (secondary N) is 1. The molecular formula is C23H28N4O3S. The highest BCUT2D eigenvalue weighted by atomic mass is 32.2. The van der Waals surface area contributed by atoms with Gasteiger partial charge in [0.25, 0.3) is 10.0 Å². The molecule has 1 N–H and O–H groups in total. The van der Waals surface area contributed by atoms with Crippen LogP contribution in [0, 0.1) is 0 Å². The van der Waals surface area contributed by atoms with Crippen LogP contribution in [-0.2, 0) is 21.4 Å². The van der Waals surface area contributed by atoms with E-state index in [1.807, 2.05) is 22.9 Å². The number of nitrogens with zero attached hydrogens (tertiary/aromatic N) is 3. The first kappa shape index (κ1) is 22.6. The van der Waals surface area contributed by atoms with Gasteiger partial charge in [-0.25, -0.2) is 13.4 Å². The molecule has 0 unspecified atom stereocenters. The summed E-state index contributed by atoms with van der Waals surface area (Å²) in [5, 5.41) is 2.82. The molecule has 1 aromatic heterocycles. The van der Waals surface area contributed by atoms with E-state index >= 15 is 0 Å². The lowest BCUT2D eigenvalue weighted by molar-refractivity contribution is -0.119. The fourth-order valence-electron chi connectivity index (χ4n) is 3.16. The molecule has 0 aliphatic heterocycles. The van der Waals surface area contributed by atoms with Gasteiger partial charge >= 0.3 is 0 Å². The molecule has 0 aliphatic rings. The van der Waals surface area contributed by atoms with Crippen LogP contribution in [0.2, 0.25) is 0 Å². The number of aromatic nitrogens is 2. The van der Waals surface area contributed by atoms with Gasteiger partial charge in [0.1, 0.15) is 6.54 Å². The number of aryl methyl sites for hydroxylation is 1. The smallest absolute Gasteiger partial charge is 0.264 e. The van der Waals surface area contributed by atoms with E-state index in [1.165, 1.54) is 12.1 Å². The van der Waals surface area contributed by atoms with Crippen molar-refractivity contribution in [3.63, 3.8) is 0 Å². The maximum atomic E-state index is 13.3. The Labute approximate surface area is 183 Å². The minimum Gasteiger partial charge on any atom is -0.354 e. The zero-order valence-corrected chi connectivity index (χ0v) is 18.6. The second-order valence-electron chi connectivity index (χ2n) is 7.57. The van der Waals surface area contributed by atoms with Crippen LogP contribution in [-0.4, -0.2) is 37.0 Å². The van der Waals surface area contributed by atoms with Gasteiger partial charge < -0.3 is 9.88 Å². The maximum Gasteiger partial charge on any atom is 0.264 e. The highest BCUT2D eigenvalue weighted by molar-refractivity contribution is 7.92. The van der Waals surface area contributed by atoms with Crippen LogP contribution in [0.25, 0.3) is 0 Å². The Morgan fingerprint density at radius 1 is 1.10 bits per heavy atom. The fourth-order valence-corrected chi connectivity index (χ4v) is 4.60. The summed E-state index contributed by atoms with van der Waals surface area (Å²) in [6.45, 7) is 5.03. The van der Waals surface area contributed by atoms with E-state index < -0.39 is 10.0 Å². The molecule has 0 fully saturated rings. The summed E-state index contributed by atoms with van der Waals surface area (Å²) in [6, 6.07) is 15.5. The molecule has 3 rings (SSSR count). The average Bonchev–Trinajstić information content (AvgIpc) is 3.29. The lowest BCUT2D eigenvalue weighted by atomic mass is 10.0. The third kappa shape index (κ3) is 5.95. The molecule has 0 atom stereocenters. The number of anilines is 1. The predicted octanol–water partition coefficient (Wildman–Crippen LogP) is 3.41. The second-order valence-corrected chi connectivity index (χ2v) is 9.44. The molecule has 31 heavy (non-hydrogen) atoms. The fraction of sp³-hybridized carbons (Fsp3) is 0.304. The van der Waals surface area contributed by atoms with E-state index in [-0.39, 0.29) is 17.3 Å². The second kappa shape index (κ2) is 10.3. The zero-order chi connectivity index (χ0) is 22.3. The van der Waals surface area contributed by atoms with Gasteiger partial charge in [0.15, 0.2) is 0 Å². The number of carbonyl (C=O) groups is 1. The van der Waals surface area contributed by atoms with Crippen LogP contribution in [0.3, 0.4) is 0 Å². The third-order valence-corrected chi connectivity index (χ3v) is 6.73. The number of benzene rings is 2. The molecule has 2 aromatic carbocycles. The molecule has 164 valence electrons. The first-order valence-corrected chi connectivity index (χ1v) is 11.7. The van der Waals surface area contributed by atoms with Gasteiger partial charge in [-0.15, -0.1) is 0 Å². The molecule has 8 heteroatoms. The Balaban J connectivity index is 1.74. The Hall–Kier alpha value is -3.13. The topological polar surface area (TPSA) is 84.3 Å². The molecule has 7 nitrogen and oxygen atoms in total. The van der Waals surface area contributed by atoms with E-state index in [0.29, 0.717) is 18.2 Å². The Morgan fingerprint density at radius 2 is 1.81 bits per heavy atom. The van der Waals surface area contributed by atoms with Crippen molar-refractivity contribution in [3.8, 4) is 0 Å². The van der Waals surface area contributed by atoms with Gasteiger partial charge in [0, 0.05) is 25.5 Å². The molecule has 0 saturated carbocycles. The van der Waals surface area contributed by atoms with Gasteiger partial charge in [-0.05, 0) is 42.2 Å². The number of sulfonamides is 1. The molecule has 0 aliphatic carbocycles. The van der Waals surface area contributed by atoms with Crippen molar-refractivity contribution in [3.05, 3.63) is 78.9 Å². The first-order chi connectivity index (χ1) is 14.9. The molecule has 0 saturated heterocycles. The van der Waals surface area contributed by atoms with Crippen molar-refractivity contribution < 1.29 is 13.2 Å². The molecule has 0 bridgehead atoms. The number of hydrogen-bond donors (Lipinski definition) is 1. The summed E-state index contributed by atoms with van der Waals surface area (Å²) in [6.07, 6.45) is 6.00. The van der Waals surface area contributed by atoms with E-state index in [0.717, 1.165) is 22.8 Å². The first-order valence-electron chi connectivity index (χ1n) is 10.3. The maximum absolute atomic E-state index is 13.3. The van der Waals surface area contributed by atoms with Crippen LogP contribution in [0.5, 0.6) is 0 Å². The van der Waals surface area contributed by atoms with E-state index in [1.54, 1.807) is 42.9 Å². The van der Waals surface area contributed by atoms with E-state index in [2.05, 4.69) is 24.1 Å². The van der Waals surface area contributed by atoms with E-state index in [4.69, 9.17) is 0 Å². The SMILES string of the molecule is CC(C)c1ccc(N(CC(=O)NCCCn2ccnc2)S(=O)(=O)c2ccccc2)cc1. The Morgan fingerprint density at radius 3 is 2.42 bits per heavy atom. The minimum atomic E-state index is -3.89. The van der Waals surface area contributed by atoms with Gasteiger partial charge in [-0.2, -0.15) is 0 Å². The van der Waals surface area contributed by atoms with E-state index in [9.17, 15) is 13.2 Å². The summed E-state index contributed by atoms with van der Waals surface area (Å²) in [5.41, 5.74) is 1.56. The summed E-state index contributed by atoms with van der Waals surface area (Å²) in [7, 11) is -3.89. The Kier molecular flexibility index (Phi) is 7.46. The van der Waals surface area contributed by atoms with Gasteiger partial charge in [0.05, 0.1) is 16.9 Å². The highest BCUT2D eigenvalue weighted by Crippen LogP contribution is 2.25. The number of carbonyl (C=O) groups excluding carboxylic acids is 1. The minimum absolute atomic E-state index is 0.149. The number of hydrogen-bond acceptors (Lipinski definition) is 4. The molecule has 0 radical (unpaired) electrons. The largest absolute Gasteiger partial charge is 0.354 e. The summed E-state index contributed by atoms with van der Waals surface area (Å²) in [4.78, 5) is 16.7. The van der Waals surface area contributed by atoms with Gasteiger partial charge in [-0.3, -0.25) is 9.10 Å². The number of imidazole rings is 1. The van der Waals surface area contributed by atoms with Crippen LogP contribution in [0.4, 0.5) is 5.69 Å². The normalized spacial score (nSPS) is 11.5. The quantitative estimate of drug-likeness (QED) is 0.490. The molecule has 0 spiro atoms. The van der Waals surface area contributed by atoms with Crippen LogP contribution in [0.1, 0.15) is 31.7 Å². The van der Waals surface area contributed by atoms with Crippen molar-refractivity contribution >= 4 is 21.6 Å². The monoisotopic (exact) mass is 440 g/mol. The zero-order valence-electron chi connectivity index (χ0n) is 17.8. The number of amides is 1. The standard InChI is InChI=1S/C23H28N4O3S/c1-19(2)20-9-11-21(12-10-20)27(31(29,30)22-7-4-3-5-8-22)17-23(28)25-13-6-15-26-16-14-24-18-26/h3-5,7-12,14,16,18-19H,6,13,15,17H2,1-2H3,(H,25,28). The van der Waals surface area contributed by atoms with Crippen LogP contribution in [0.15, 0.2) is 78.2 Å². The van der Waals surface area contributed by atoms with Crippen LogP contribution >= 0.6 is 0 Å². The van der Waals surface area contributed by atoms with Gasteiger partial charge in [0.2, 0.25) is 5.91 Å². The lowest BCUT2D eigenvalue weighted by Gasteiger charge is -2.24. The third-order valence-electron chi connectivity index (χ3n) is 4.94. The summed E-state index contributed by atoms with van der Waals surface area (Å²) in [5.74, 6) is -0.0231. The molecular weight excluding hydrogens is 412 g/mol. The summed E-state index contributed by atoms with van der Waals surface area (Å²) < 4.78 is 29.7. The van der Waals surface area contributed by atoms with Crippen molar-refractivity contribution in [1.82, 2.24) is 14.9 Å². The predicted molar refractivity (Wildman–Crippen MR) is 121 cm³/mol. The van der Waals surface area contributed by atoms with Crippen molar-refractivity contribution in [1.29, 1.82) is 0 Å². The van der Waals surface area contributed by atoms with Gasteiger partial charge in [-0.1, -0.05) is 44.2 Å².